The highest BCUT2D eigenvalue weighted by molar-refractivity contribution is 7.13. The van der Waals surface area contributed by atoms with E-state index in [1.165, 1.54) is 5.69 Å². The topological polar surface area (TPSA) is 16.1 Å². The van der Waals surface area contributed by atoms with E-state index in [2.05, 4.69) is 49.9 Å². The Bertz CT molecular complexity index is 282. The van der Waals surface area contributed by atoms with E-state index in [0.29, 0.717) is 0 Å². The number of hydrogen-bond donors (Lipinski definition) is 0. The fraction of sp³-hybridized carbons (Fsp3) is 0.727. The summed E-state index contributed by atoms with van der Waals surface area (Å²) in [7, 11) is 0. The third-order valence-corrected chi connectivity index (χ3v) is 3.20. The molecule has 1 heterocycles. The van der Waals surface area contributed by atoms with Crippen LogP contribution in [0.4, 0.5) is 5.13 Å². The van der Waals surface area contributed by atoms with Crippen molar-refractivity contribution in [1.29, 1.82) is 0 Å². The van der Waals surface area contributed by atoms with Gasteiger partial charge < -0.3 is 4.90 Å². The smallest absolute Gasteiger partial charge is 0.185 e. The summed E-state index contributed by atoms with van der Waals surface area (Å²) in [6, 6.07) is 0. The van der Waals surface area contributed by atoms with E-state index in [-0.39, 0.29) is 5.41 Å². The molecule has 2 nitrogen and oxygen atoms in total. The Morgan fingerprint density at radius 2 is 1.86 bits per heavy atom. The lowest BCUT2D eigenvalue weighted by Crippen LogP contribution is -2.22. The van der Waals surface area contributed by atoms with E-state index < -0.39 is 0 Å². The maximum atomic E-state index is 4.67. The minimum atomic E-state index is 0.169. The number of hydrogen-bond acceptors (Lipinski definition) is 3. The van der Waals surface area contributed by atoms with Crippen LogP contribution in [0.3, 0.4) is 0 Å². The van der Waals surface area contributed by atoms with Crippen LogP contribution < -0.4 is 4.90 Å². The molecule has 0 aliphatic heterocycles. The summed E-state index contributed by atoms with van der Waals surface area (Å²) in [5.41, 5.74) is 1.37. The number of anilines is 1. The van der Waals surface area contributed by atoms with Crippen molar-refractivity contribution in [2.45, 2.75) is 40.0 Å². The second-order valence-corrected chi connectivity index (χ2v) is 5.27. The first-order valence-electron chi connectivity index (χ1n) is 5.20. The molecule has 0 aliphatic rings. The molecular weight excluding hydrogens is 192 g/mol. The molecule has 0 saturated carbocycles. The molecular formula is C11H20N2S. The molecule has 0 radical (unpaired) electrons. The van der Waals surface area contributed by atoms with Gasteiger partial charge in [-0.2, -0.15) is 0 Å². The van der Waals surface area contributed by atoms with E-state index >= 15 is 0 Å². The summed E-state index contributed by atoms with van der Waals surface area (Å²) in [6.07, 6.45) is 0. The minimum Gasteiger partial charge on any atom is -0.349 e. The Hall–Kier alpha value is -0.570. The quantitative estimate of drug-likeness (QED) is 0.764. The van der Waals surface area contributed by atoms with Gasteiger partial charge in [0.25, 0.3) is 0 Å². The lowest BCUT2D eigenvalue weighted by molar-refractivity contribution is 0.572. The molecule has 0 spiro atoms. The molecule has 0 N–H and O–H groups in total. The molecule has 0 aliphatic carbocycles. The molecule has 0 saturated heterocycles. The number of nitrogens with zero attached hydrogens (tertiary/aromatic N) is 2. The first-order valence-corrected chi connectivity index (χ1v) is 6.08. The molecule has 0 fully saturated rings. The summed E-state index contributed by atoms with van der Waals surface area (Å²) in [5.74, 6) is 0. The van der Waals surface area contributed by atoms with Crippen LogP contribution in [0.2, 0.25) is 0 Å². The number of rotatable bonds is 3. The maximum absolute atomic E-state index is 4.67. The van der Waals surface area contributed by atoms with Crippen molar-refractivity contribution in [3.63, 3.8) is 0 Å². The third-order valence-electron chi connectivity index (χ3n) is 2.29. The van der Waals surface area contributed by atoms with Crippen molar-refractivity contribution in [2.75, 3.05) is 18.0 Å². The van der Waals surface area contributed by atoms with Gasteiger partial charge in [-0.15, -0.1) is 11.3 Å². The standard InChI is InChI=1S/C11H20N2S/c1-6-13(7-2)10-12-9(8-14-10)11(3,4)5/h8H,6-7H2,1-5H3. The normalized spacial score (nSPS) is 11.8. The van der Waals surface area contributed by atoms with E-state index in [1.54, 1.807) is 11.3 Å². The van der Waals surface area contributed by atoms with Gasteiger partial charge in [0.05, 0.1) is 5.69 Å². The Morgan fingerprint density at radius 3 is 2.21 bits per heavy atom. The second-order valence-electron chi connectivity index (χ2n) is 4.44. The summed E-state index contributed by atoms with van der Waals surface area (Å²) in [4.78, 5) is 6.96. The van der Waals surface area contributed by atoms with Crippen LogP contribution in [-0.4, -0.2) is 18.1 Å². The van der Waals surface area contributed by atoms with Gasteiger partial charge in [-0.05, 0) is 13.8 Å². The highest BCUT2D eigenvalue weighted by atomic mass is 32.1. The van der Waals surface area contributed by atoms with Crippen LogP contribution in [0.5, 0.6) is 0 Å². The molecule has 0 bridgehead atoms. The van der Waals surface area contributed by atoms with Crippen LogP contribution in [0.1, 0.15) is 40.3 Å². The van der Waals surface area contributed by atoms with Gasteiger partial charge >= 0.3 is 0 Å². The predicted molar refractivity (Wildman–Crippen MR) is 64.4 cm³/mol. The average molecular weight is 212 g/mol. The van der Waals surface area contributed by atoms with Crippen LogP contribution >= 0.6 is 11.3 Å². The molecule has 0 amide bonds. The van der Waals surface area contributed by atoms with Crippen LogP contribution in [0, 0.1) is 0 Å². The molecule has 0 atom stereocenters. The summed E-state index contributed by atoms with van der Waals surface area (Å²) >= 11 is 1.75. The van der Waals surface area contributed by atoms with Gasteiger partial charge in [0.2, 0.25) is 0 Å². The Morgan fingerprint density at radius 1 is 1.29 bits per heavy atom. The Kier molecular flexibility index (Phi) is 3.53. The van der Waals surface area contributed by atoms with Gasteiger partial charge in [-0.25, -0.2) is 4.98 Å². The zero-order valence-electron chi connectivity index (χ0n) is 9.79. The fourth-order valence-electron chi connectivity index (χ4n) is 1.25. The van der Waals surface area contributed by atoms with Gasteiger partial charge in [0.15, 0.2) is 5.13 Å². The number of aromatic nitrogens is 1. The van der Waals surface area contributed by atoms with Crippen LogP contribution in [-0.2, 0) is 5.41 Å². The summed E-state index contributed by atoms with van der Waals surface area (Å²) in [5, 5.41) is 3.33. The SMILES string of the molecule is CCN(CC)c1nc(C(C)(C)C)cs1. The van der Waals surface area contributed by atoms with E-state index in [9.17, 15) is 0 Å². The Labute approximate surface area is 91.0 Å². The molecule has 14 heavy (non-hydrogen) atoms. The largest absolute Gasteiger partial charge is 0.349 e. The molecule has 3 heteroatoms. The van der Waals surface area contributed by atoms with E-state index in [1.807, 2.05) is 0 Å². The van der Waals surface area contributed by atoms with Crippen molar-refractivity contribution in [2.24, 2.45) is 0 Å². The molecule has 1 aromatic rings. The fourth-order valence-corrected chi connectivity index (χ4v) is 2.43. The monoisotopic (exact) mass is 212 g/mol. The second kappa shape index (κ2) is 4.30. The lowest BCUT2D eigenvalue weighted by Gasteiger charge is -2.18. The van der Waals surface area contributed by atoms with Gasteiger partial charge in [-0.1, -0.05) is 20.8 Å². The molecule has 1 aromatic heterocycles. The van der Waals surface area contributed by atoms with Gasteiger partial charge in [0.1, 0.15) is 0 Å². The van der Waals surface area contributed by atoms with Crippen molar-refractivity contribution >= 4 is 16.5 Å². The van der Waals surface area contributed by atoms with E-state index in [0.717, 1.165) is 18.2 Å². The molecule has 0 unspecified atom stereocenters. The van der Waals surface area contributed by atoms with Crippen molar-refractivity contribution in [3.05, 3.63) is 11.1 Å². The average Bonchev–Trinajstić information content (AvgIpc) is 2.54. The summed E-state index contributed by atoms with van der Waals surface area (Å²) in [6.45, 7) is 13.0. The van der Waals surface area contributed by atoms with Crippen LogP contribution in [0.15, 0.2) is 5.38 Å². The highest BCUT2D eigenvalue weighted by Crippen LogP contribution is 2.28. The lowest BCUT2D eigenvalue weighted by atomic mass is 9.93. The number of thiazole rings is 1. The maximum Gasteiger partial charge on any atom is 0.185 e. The van der Waals surface area contributed by atoms with Crippen molar-refractivity contribution in [3.8, 4) is 0 Å². The molecule has 0 aromatic carbocycles. The van der Waals surface area contributed by atoms with Crippen molar-refractivity contribution in [1.82, 2.24) is 4.98 Å². The van der Waals surface area contributed by atoms with Crippen LogP contribution in [0.25, 0.3) is 0 Å². The van der Waals surface area contributed by atoms with Gasteiger partial charge in [0, 0.05) is 23.9 Å². The molecule has 1 rings (SSSR count). The minimum absolute atomic E-state index is 0.169. The zero-order chi connectivity index (χ0) is 10.8. The van der Waals surface area contributed by atoms with Crippen molar-refractivity contribution < 1.29 is 0 Å². The predicted octanol–water partition coefficient (Wildman–Crippen LogP) is 3.29. The summed E-state index contributed by atoms with van der Waals surface area (Å²) < 4.78 is 0. The van der Waals surface area contributed by atoms with E-state index in [4.69, 9.17) is 0 Å². The van der Waals surface area contributed by atoms with Gasteiger partial charge in [-0.3, -0.25) is 0 Å². The third kappa shape index (κ3) is 2.47. The highest BCUT2D eigenvalue weighted by Gasteiger charge is 2.18. The zero-order valence-corrected chi connectivity index (χ0v) is 10.6. The molecule has 80 valence electrons. The first-order chi connectivity index (χ1) is 6.49. The first kappa shape index (κ1) is 11.5. The Balaban J connectivity index is 2.87.